The van der Waals surface area contributed by atoms with Crippen LogP contribution >= 0.6 is 0 Å². The Labute approximate surface area is 98.0 Å². The van der Waals surface area contributed by atoms with Gasteiger partial charge in [-0.15, -0.1) is 0 Å². The molecular weight excluding hydrogens is 200 g/mol. The van der Waals surface area contributed by atoms with Crippen molar-refractivity contribution in [1.29, 1.82) is 0 Å². The summed E-state index contributed by atoms with van der Waals surface area (Å²) in [6.07, 6.45) is 2.25. The van der Waals surface area contributed by atoms with Crippen molar-refractivity contribution in [2.45, 2.75) is 40.2 Å². The molecule has 1 aromatic rings. The molecule has 16 heavy (non-hydrogen) atoms. The number of aryl methyl sites for hydroxylation is 1. The molecule has 1 heterocycles. The number of rotatable bonds is 6. The fourth-order valence-electron chi connectivity index (χ4n) is 1.50. The number of nitrogens with zero attached hydrogens (tertiary/aromatic N) is 1. The zero-order valence-corrected chi connectivity index (χ0v) is 10.5. The number of hydrogen-bond acceptors (Lipinski definition) is 3. The minimum atomic E-state index is 0.479. The van der Waals surface area contributed by atoms with E-state index >= 15 is 0 Å². The Balaban J connectivity index is 2.48. The van der Waals surface area contributed by atoms with Crippen LogP contribution in [0.25, 0.3) is 0 Å². The molecule has 2 N–H and O–H groups in total. The zero-order chi connectivity index (χ0) is 12.0. The zero-order valence-electron chi connectivity index (χ0n) is 10.5. The van der Waals surface area contributed by atoms with Crippen molar-refractivity contribution >= 4 is 0 Å². The highest BCUT2D eigenvalue weighted by Crippen LogP contribution is 2.16. The quantitative estimate of drug-likeness (QED) is 0.753. The lowest BCUT2D eigenvalue weighted by Gasteiger charge is -2.10. The molecule has 0 fully saturated rings. The van der Waals surface area contributed by atoms with Crippen molar-refractivity contribution in [3.63, 3.8) is 0 Å². The summed E-state index contributed by atoms with van der Waals surface area (Å²) in [5.74, 6) is 1.43. The van der Waals surface area contributed by atoms with Gasteiger partial charge in [0, 0.05) is 17.8 Å². The largest absolute Gasteiger partial charge is 0.477 e. The molecule has 3 heteroatoms. The van der Waals surface area contributed by atoms with Crippen LogP contribution in [0.4, 0.5) is 0 Å². The average Bonchev–Trinajstić information content (AvgIpc) is 2.24. The SMILES string of the molecule is Cc1ccc(CN)c(OCCCC(C)C)n1. The van der Waals surface area contributed by atoms with Gasteiger partial charge in [0.25, 0.3) is 0 Å². The van der Waals surface area contributed by atoms with Crippen molar-refractivity contribution in [3.05, 3.63) is 23.4 Å². The van der Waals surface area contributed by atoms with Gasteiger partial charge < -0.3 is 10.5 Å². The molecule has 0 saturated carbocycles. The van der Waals surface area contributed by atoms with Gasteiger partial charge in [0.15, 0.2) is 0 Å². The number of aromatic nitrogens is 1. The van der Waals surface area contributed by atoms with Gasteiger partial charge in [0.05, 0.1) is 6.61 Å². The molecule has 0 aromatic carbocycles. The van der Waals surface area contributed by atoms with Gasteiger partial charge in [0.2, 0.25) is 5.88 Å². The third kappa shape index (κ3) is 4.19. The van der Waals surface area contributed by atoms with Crippen molar-refractivity contribution in [1.82, 2.24) is 4.98 Å². The average molecular weight is 222 g/mol. The van der Waals surface area contributed by atoms with Crippen molar-refractivity contribution in [2.75, 3.05) is 6.61 Å². The molecule has 1 rings (SSSR count). The van der Waals surface area contributed by atoms with Gasteiger partial charge in [-0.1, -0.05) is 19.9 Å². The number of pyridine rings is 1. The van der Waals surface area contributed by atoms with E-state index in [1.165, 1.54) is 6.42 Å². The first-order valence-corrected chi connectivity index (χ1v) is 5.93. The standard InChI is InChI=1S/C13H22N2O/c1-10(2)5-4-8-16-13-12(9-14)7-6-11(3)15-13/h6-7,10H,4-5,8-9,14H2,1-3H3. The van der Waals surface area contributed by atoms with Crippen LogP contribution in [0.5, 0.6) is 5.88 Å². The highest BCUT2D eigenvalue weighted by Gasteiger charge is 2.04. The minimum absolute atomic E-state index is 0.479. The van der Waals surface area contributed by atoms with Crippen LogP contribution in [-0.2, 0) is 6.54 Å². The van der Waals surface area contributed by atoms with Gasteiger partial charge in [-0.25, -0.2) is 4.98 Å². The van der Waals surface area contributed by atoms with E-state index in [1.54, 1.807) is 0 Å². The molecule has 3 nitrogen and oxygen atoms in total. The van der Waals surface area contributed by atoms with E-state index in [-0.39, 0.29) is 0 Å². The summed E-state index contributed by atoms with van der Waals surface area (Å²) in [5, 5.41) is 0. The first-order valence-electron chi connectivity index (χ1n) is 5.93. The third-order valence-electron chi connectivity index (χ3n) is 2.46. The van der Waals surface area contributed by atoms with Gasteiger partial charge >= 0.3 is 0 Å². The highest BCUT2D eigenvalue weighted by molar-refractivity contribution is 5.27. The molecule has 0 atom stereocenters. The molecule has 90 valence electrons. The summed E-state index contributed by atoms with van der Waals surface area (Å²) >= 11 is 0. The molecule has 0 aliphatic rings. The van der Waals surface area contributed by atoms with Crippen molar-refractivity contribution in [2.24, 2.45) is 11.7 Å². The van der Waals surface area contributed by atoms with E-state index in [9.17, 15) is 0 Å². The van der Waals surface area contributed by atoms with Crippen LogP contribution in [0.3, 0.4) is 0 Å². The van der Waals surface area contributed by atoms with Crippen LogP contribution in [-0.4, -0.2) is 11.6 Å². The van der Waals surface area contributed by atoms with E-state index in [1.807, 2.05) is 19.1 Å². The third-order valence-corrected chi connectivity index (χ3v) is 2.46. The van der Waals surface area contributed by atoms with Crippen LogP contribution < -0.4 is 10.5 Å². The highest BCUT2D eigenvalue weighted by atomic mass is 16.5. The first-order chi connectivity index (χ1) is 7.63. The fourth-order valence-corrected chi connectivity index (χ4v) is 1.50. The molecule has 0 aliphatic heterocycles. The lowest BCUT2D eigenvalue weighted by molar-refractivity contribution is 0.284. The maximum absolute atomic E-state index is 5.67. The molecule has 0 spiro atoms. The van der Waals surface area contributed by atoms with Gasteiger partial charge in [-0.3, -0.25) is 0 Å². The Morgan fingerprint density at radius 1 is 1.38 bits per heavy atom. The first kappa shape index (κ1) is 13.0. The summed E-state index contributed by atoms with van der Waals surface area (Å²) < 4.78 is 5.67. The van der Waals surface area contributed by atoms with Gasteiger partial charge in [0.1, 0.15) is 0 Å². The van der Waals surface area contributed by atoms with Crippen molar-refractivity contribution < 1.29 is 4.74 Å². The second kappa shape index (κ2) is 6.48. The van der Waals surface area contributed by atoms with Crippen molar-refractivity contribution in [3.8, 4) is 5.88 Å². The monoisotopic (exact) mass is 222 g/mol. The number of ether oxygens (including phenoxy) is 1. The molecule has 0 radical (unpaired) electrons. The molecule has 0 aliphatic carbocycles. The Bertz CT molecular complexity index is 324. The number of hydrogen-bond donors (Lipinski definition) is 1. The van der Waals surface area contributed by atoms with E-state index in [4.69, 9.17) is 10.5 Å². The summed E-state index contributed by atoms with van der Waals surface area (Å²) in [5.41, 5.74) is 7.58. The van der Waals surface area contributed by atoms with Crippen LogP contribution in [0.2, 0.25) is 0 Å². The molecule has 0 amide bonds. The summed E-state index contributed by atoms with van der Waals surface area (Å²) in [6.45, 7) is 7.60. The van der Waals surface area contributed by atoms with Crippen LogP contribution in [0.15, 0.2) is 12.1 Å². The Kier molecular flexibility index (Phi) is 5.26. The van der Waals surface area contributed by atoms with E-state index in [0.717, 1.165) is 30.2 Å². The Hall–Kier alpha value is -1.09. The smallest absolute Gasteiger partial charge is 0.218 e. The molecular formula is C13H22N2O. The Morgan fingerprint density at radius 2 is 2.12 bits per heavy atom. The second-order valence-corrected chi connectivity index (χ2v) is 4.51. The molecule has 1 aromatic heterocycles. The second-order valence-electron chi connectivity index (χ2n) is 4.51. The lowest BCUT2D eigenvalue weighted by atomic mass is 10.1. The maximum atomic E-state index is 5.67. The lowest BCUT2D eigenvalue weighted by Crippen LogP contribution is -2.07. The summed E-state index contributed by atoms with van der Waals surface area (Å²) in [4.78, 5) is 4.36. The van der Waals surface area contributed by atoms with E-state index < -0.39 is 0 Å². The maximum Gasteiger partial charge on any atom is 0.218 e. The van der Waals surface area contributed by atoms with Crippen LogP contribution in [0, 0.1) is 12.8 Å². The summed E-state index contributed by atoms with van der Waals surface area (Å²) in [6, 6.07) is 3.95. The fraction of sp³-hybridized carbons (Fsp3) is 0.615. The Morgan fingerprint density at radius 3 is 2.75 bits per heavy atom. The minimum Gasteiger partial charge on any atom is -0.477 e. The van der Waals surface area contributed by atoms with Gasteiger partial charge in [-0.05, 0) is 31.7 Å². The predicted octanol–water partition coefficient (Wildman–Crippen LogP) is 2.66. The molecule has 0 saturated heterocycles. The normalized spacial score (nSPS) is 10.8. The molecule has 0 unspecified atom stereocenters. The van der Waals surface area contributed by atoms with E-state index in [0.29, 0.717) is 12.4 Å². The topological polar surface area (TPSA) is 48.1 Å². The predicted molar refractivity (Wildman–Crippen MR) is 66.4 cm³/mol. The number of nitrogens with two attached hydrogens (primary N) is 1. The van der Waals surface area contributed by atoms with E-state index in [2.05, 4.69) is 18.8 Å². The van der Waals surface area contributed by atoms with Crippen LogP contribution in [0.1, 0.15) is 37.9 Å². The summed E-state index contributed by atoms with van der Waals surface area (Å²) in [7, 11) is 0. The van der Waals surface area contributed by atoms with Gasteiger partial charge in [-0.2, -0.15) is 0 Å². The molecule has 0 bridgehead atoms.